The van der Waals surface area contributed by atoms with Crippen LogP contribution in [-0.2, 0) is 0 Å². The number of fused-ring (bicyclic) bond motifs is 1. The SMILES string of the molecule is O=C(O)c1cc(Sc2nccc3sccc23)ccc1F. The lowest BCUT2D eigenvalue weighted by molar-refractivity contribution is 0.0691. The van der Waals surface area contributed by atoms with Crippen molar-refractivity contribution in [3.8, 4) is 0 Å². The van der Waals surface area contributed by atoms with E-state index in [0.717, 1.165) is 15.1 Å². The molecule has 0 radical (unpaired) electrons. The number of carboxylic acid groups (broad SMARTS) is 1. The molecule has 0 amide bonds. The van der Waals surface area contributed by atoms with Crippen LogP contribution in [0.4, 0.5) is 4.39 Å². The van der Waals surface area contributed by atoms with Gasteiger partial charge in [-0.15, -0.1) is 11.3 Å². The van der Waals surface area contributed by atoms with Crippen LogP contribution < -0.4 is 0 Å². The number of rotatable bonds is 3. The number of carbonyl (C=O) groups is 1. The van der Waals surface area contributed by atoms with Gasteiger partial charge in [0.25, 0.3) is 0 Å². The minimum absolute atomic E-state index is 0.326. The van der Waals surface area contributed by atoms with E-state index < -0.39 is 11.8 Å². The number of aromatic carboxylic acids is 1. The zero-order chi connectivity index (χ0) is 14.1. The number of pyridine rings is 1. The van der Waals surface area contributed by atoms with Crippen molar-refractivity contribution in [3.63, 3.8) is 0 Å². The summed E-state index contributed by atoms with van der Waals surface area (Å²) >= 11 is 2.94. The molecule has 0 fully saturated rings. The van der Waals surface area contributed by atoms with E-state index in [9.17, 15) is 9.18 Å². The molecule has 100 valence electrons. The van der Waals surface area contributed by atoms with Gasteiger partial charge in [0.1, 0.15) is 10.8 Å². The fourth-order valence-corrected chi connectivity index (χ4v) is 3.58. The number of nitrogens with zero attached hydrogens (tertiary/aromatic N) is 1. The lowest BCUT2D eigenvalue weighted by Crippen LogP contribution is -2.00. The molecule has 0 atom stereocenters. The Hall–Kier alpha value is -1.92. The molecule has 0 aliphatic carbocycles. The molecule has 6 heteroatoms. The maximum absolute atomic E-state index is 13.4. The third kappa shape index (κ3) is 2.39. The van der Waals surface area contributed by atoms with Crippen molar-refractivity contribution < 1.29 is 14.3 Å². The summed E-state index contributed by atoms with van der Waals surface area (Å²) in [7, 11) is 0. The van der Waals surface area contributed by atoms with Gasteiger partial charge in [-0.3, -0.25) is 0 Å². The zero-order valence-electron chi connectivity index (χ0n) is 10.0. The molecule has 2 aromatic heterocycles. The van der Waals surface area contributed by atoms with E-state index in [1.54, 1.807) is 23.6 Å². The van der Waals surface area contributed by atoms with Crippen LogP contribution in [0.2, 0.25) is 0 Å². The second kappa shape index (κ2) is 5.22. The molecular formula is C14H8FNO2S2. The standard InChI is InChI=1S/C14H8FNO2S2/c15-11-2-1-8(7-10(11)14(17)18)20-13-9-4-6-19-12(9)3-5-16-13/h1-7H,(H,17,18). The van der Waals surface area contributed by atoms with Gasteiger partial charge in [0.2, 0.25) is 0 Å². The Labute approximate surface area is 122 Å². The van der Waals surface area contributed by atoms with E-state index in [1.807, 2.05) is 17.5 Å². The van der Waals surface area contributed by atoms with Crippen molar-refractivity contribution in [2.45, 2.75) is 9.92 Å². The van der Waals surface area contributed by atoms with Crippen LogP contribution in [0, 0.1) is 5.82 Å². The highest BCUT2D eigenvalue weighted by molar-refractivity contribution is 7.99. The maximum atomic E-state index is 13.4. The van der Waals surface area contributed by atoms with Crippen LogP contribution in [0.15, 0.2) is 51.8 Å². The fraction of sp³-hybridized carbons (Fsp3) is 0. The Balaban J connectivity index is 2.01. The molecule has 0 spiro atoms. The van der Waals surface area contributed by atoms with E-state index in [-0.39, 0.29) is 5.56 Å². The first-order valence-corrected chi connectivity index (χ1v) is 7.37. The van der Waals surface area contributed by atoms with Crippen molar-refractivity contribution in [3.05, 3.63) is 53.3 Å². The molecule has 0 aliphatic rings. The number of hydrogen-bond donors (Lipinski definition) is 1. The summed E-state index contributed by atoms with van der Waals surface area (Å²) in [6, 6.07) is 7.95. The second-order valence-corrected chi connectivity index (χ2v) is 6.01. The lowest BCUT2D eigenvalue weighted by Gasteiger charge is -2.04. The molecule has 1 N–H and O–H groups in total. The normalized spacial score (nSPS) is 10.8. The molecule has 20 heavy (non-hydrogen) atoms. The monoisotopic (exact) mass is 305 g/mol. The summed E-state index contributed by atoms with van der Waals surface area (Å²) in [5.74, 6) is -2.00. The summed E-state index contributed by atoms with van der Waals surface area (Å²) in [6.07, 6.45) is 1.71. The molecule has 0 aliphatic heterocycles. The topological polar surface area (TPSA) is 50.2 Å². The van der Waals surface area contributed by atoms with E-state index in [1.165, 1.54) is 23.9 Å². The van der Waals surface area contributed by atoms with Gasteiger partial charge in [-0.05, 0) is 35.7 Å². The first kappa shape index (κ1) is 13.1. The van der Waals surface area contributed by atoms with Gasteiger partial charge in [-0.25, -0.2) is 14.2 Å². The summed E-state index contributed by atoms with van der Waals surface area (Å²) in [5.41, 5.74) is -0.326. The van der Waals surface area contributed by atoms with Gasteiger partial charge >= 0.3 is 5.97 Å². The molecule has 0 unspecified atom stereocenters. The largest absolute Gasteiger partial charge is 0.478 e. The Kier molecular flexibility index (Phi) is 3.42. The Morgan fingerprint density at radius 3 is 2.95 bits per heavy atom. The predicted octanol–water partition coefficient (Wildman–Crippen LogP) is 4.28. The molecule has 2 heterocycles. The maximum Gasteiger partial charge on any atom is 0.338 e. The lowest BCUT2D eigenvalue weighted by atomic mass is 10.2. The third-order valence-electron chi connectivity index (χ3n) is 2.73. The van der Waals surface area contributed by atoms with E-state index in [0.29, 0.717) is 4.90 Å². The van der Waals surface area contributed by atoms with Gasteiger partial charge in [-0.1, -0.05) is 11.8 Å². The van der Waals surface area contributed by atoms with Gasteiger partial charge < -0.3 is 5.11 Å². The van der Waals surface area contributed by atoms with Crippen molar-refractivity contribution in [2.24, 2.45) is 0 Å². The van der Waals surface area contributed by atoms with Crippen molar-refractivity contribution >= 4 is 39.2 Å². The quantitative estimate of drug-likeness (QED) is 0.784. The molecule has 0 saturated heterocycles. The molecule has 3 rings (SSSR count). The van der Waals surface area contributed by atoms with Gasteiger partial charge in [0.15, 0.2) is 0 Å². The Morgan fingerprint density at radius 2 is 2.15 bits per heavy atom. The second-order valence-electron chi connectivity index (χ2n) is 4.00. The fourth-order valence-electron chi connectivity index (χ4n) is 1.79. The van der Waals surface area contributed by atoms with Gasteiger partial charge in [0.05, 0.1) is 5.56 Å². The Bertz CT molecular complexity index is 801. The molecule has 3 nitrogen and oxygen atoms in total. The number of halogens is 1. The highest BCUT2D eigenvalue weighted by Gasteiger charge is 2.12. The van der Waals surface area contributed by atoms with E-state index in [2.05, 4.69) is 4.98 Å². The van der Waals surface area contributed by atoms with Crippen LogP contribution >= 0.6 is 23.1 Å². The summed E-state index contributed by atoms with van der Waals surface area (Å²) in [5, 5.41) is 12.7. The van der Waals surface area contributed by atoms with Crippen LogP contribution in [0.1, 0.15) is 10.4 Å². The minimum atomic E-state index is -1.27. The molecule has 3 aromatic rings. The zero-order valence-corrected chi connectivity index (χ0v) is 11.7. The number of benzene rings is 1. The minimum Gasteiger partial charge on any atom is -0.478 e. The first-order valence-electron chi connectivity index (χ1n) is 5.68. The van der Waals surface area contributed by atoms with Crippen LogP contribution in [0.5, 0.6) is 0 Å². The third-order valence-corrected chi connectivity index (χ3v) is 4.62. The number of carboxylic acids is 1. The Morgan fingerprint density at radius 1 is 1.30 bits per heavy atom. The highest BCUT2D eigenvalue weighted by Crippen LogP contribution is 2.34. The molecule has 0 bridgehead atoms. The van der Waals surface area contributed by atoms with Crippen LogP contribution in [-0.4, -0.2) is 16.1 Å². The number of hydrogen-bond acceptors (Lipinski definition) is 4. The molecule has 0 saturated carbocycles. The van der Waals surface area contributed by atoms with Crippen LogP contribution in [0.25, 0.3) is 10.1 Å². The summed E-state index contributed by atoms with van der Waals surface area (Å²) < 4.78 is 14.5. The summed E-state index contributed by atoms with van der Waals surface area (Å²) in [6.45, 7) is 0. The summed E-state index contributed by atoms with van der Waals surface area (Å²) in [4.78, 5) is 15.9. The average Bonchev–Trinajstić information content (AvgIpc) is 2.90. The van der Waals surface area contributed by atoms with Crippen molar-refractivity contribution in [1.82, 2.24) is 4.98 Å². The van der Waals surface area contributed by atoms with E-state index >= 15 is 0 Å². The smallest absolute Gasteiger partial charge is 0.338 e. The van der Waals surface area contributed by atoms with Crippen molar-refractivity contribution in [1.29, 1.82) is 0 Å². The van der Waals surface area contributed by atoms with Gasteiger partial charge in [-0.2, -0.15) is 0 Å². The van der Waals surface area contributed by atoms with Crippen LogP contribution in [0.3, 0.4) is 0 Å². The number of aromatic nitrogens is 1. The average molecular weight is 305 g/mol. The van der Waals surface area contributed by atoms with Crippen molar-refractivity contribution in [2.75, 3.05) is 0 Å². The van der Waals surface area contributed by atoms with Gasteiger partial charge in [0, 0.05) is 21.2 Å². The predicted molar refractivity (Wildman–Crippen MR) is 77.1 cm³/mol. The van der Waals surface area contributed by atoms with E-state index in [4.69, 9.17) is 5.11 Å². The highest BCUT2D eigenvalue weighted by atomic mass is 32.2. The number of thiophene rings is 1. The molecule has 1 aromatic carbocycles. The first-order chi connectivity index (χ1) is 9.65. The molecular weight excluding hydrogens is 297 g/mol.